The molecule has 9 atom stereocenters. The van der Waals surface area contributed by atoms with Crippen molar-refractivity contribution in [3.63, 3.8) is 0 Å². The molecule has 0 radical (unpaired) electrons. The molecule has 0 spiro atoms. The number of alkyl halides is 3. The van der Waals surface area contributed by atoms with Crippen molar-refractivity contribution in [3.8, 4) is 5.75 Å². The molecule has 26 heteroatoms. The van der Waals surface area contributed by atoms with Gasteiger partial charge in [0.25, 0.3) is 5.91 Å². The molecule has 0 aliphatic carbocycles. The lowest BCUT2D eigenvalue weighted by Crippen LogP contribution is -2.55. The predicted octanol–water partition coefficient (Wildman–Crippen LogP) is 2.36. The molecule has 2 aromatic rings. The summed E-state index contributed by atoms with van der Waals surface area (Å²) in [6.07, 6.45) is -4.02. The Labute approximate surface area is 388 Å². The minimum atomic E-state index is -4.49. The minimum Gasteiger partial charge on any atom is -0.462 e. The third-order valence-corrected chi connectivity index (χ3v) is 12.1. The number of carbonyl (C=O) groups is 4. The first-order chi connectivity index (χ1) is 31.8. The Balaban J connectivity index is 0.000000316. The first-order valence-electron chi connectivity index (χ1n) is 21.0. The maximum atomic E-state index is 15.2. The van der Waals surface area contributed by atoms with Gasteiger partial charge in [-0.05, 0) is 51.5 Å². The Kier molecular flexibility index (Phi) is 17.9. The number of aliphatic hydroxyl groups is 2. The fourth-order valence-electron chi connectivity index (χ4n) is 6.77. The highest BCUT2D eigenvalue weighted by molar-refractivity contribution is 7.52. The number of carbonyl (C=O) groups excluding carboxylic acids is 4. The maximum absolute atomic E-state index is 15.2. The number of halogens is 3. The van der Waals surface area contributed by atoms with Crippen molar-refractivity contribution >= 4 is 37.4 Å². The SMILES string of the molecule is C=C1NC(=O)C=CN1[C@@H]1O[C@](CF)(COP(=O)(NC(C)C(=O)OC(C)C)Oc2ccc(CN)cc2)[C@@H](O)[C@@]1(C)O.C=C[C@]1(COC(=O)CC)O[C@@H](n2ccc(N)nc2=O)C(F)(F)[C@@H]1OC(=O)CC. The summed E-state index contributed by atoms with van der Waals surface area (Å²) in [6.45, 7) is 13.3. The van der Waals surface area contributed by atoms with Crippen LogP contribution in [0.25, 0.3) is 0 Å². The zero-order chi connectivity index (χ0) is 51.0. The monoisotopic (exact) mass is 987 g/mol. The van der Waals surface area contributed by atoms with E-state index in [0.29, 0.717) is 4.57 Å². The van der Waals surface area contributed by atoms with Crippen molar-refractivity contribution in [2.24, 2.45) is 5.73 Å². The van der Waals surface area contributed by atoms with Crippen LogP contribution in [-0.4, -0.2) is 122 Å². The number of amides is 1. The number of nitrogens with two attached hydrogens (primary N) is 2. The molecule has 0 saturated carbocycles. The van der Waals surface area contributed by atoms with Crippen LogP contribution < -0.4 is 32.1 Å². The van der Waals surface area contributed by atoms with Crippen LogP contribution in [0.1, 0.15) is 66.2 Å². The fourth-order valence-corrected chi connectivity index (χ4v) is 8.32. The van der Waals surface area contributed by atoms with Crippen LogP contribution in [0, 0.1) is 0 Å². The Bertz CT molecular complexity index is 2320. The Hall–Kier alpha value is -5.66. The number of esters is 3. The van der Waals surface area contributed by atoms with Crippen molar-refractivity contribution in [1.29, 1.82) is 0 Å². The third kappa shape index (κ3) is 12.3. The molecular formula is C42H57F3N7O15P. The molecule has 5 rings (SSSR count). The number of hydrogen-bond donors (Lipinski definition) is 6. The minimum absolute atomic E-state index is 0.00615. The summed E-state index contributed by atoms with van der Waals surface area (Å²) >= 11 is 0. The summed E-state index contributed by atoms with van der Waals surface area (Å²) in [7, 11) is -4.49. The van der Waals surface area contributed by atoms with E-state index >= 15 is 8.78 Å². The Morgan fingerprint density at radius 3 is 2.26 bits per heavy atom. The van der Waals surface area contributed by atoms with Crippen molar-refractivity contribution < 1.29 is 79.9 Å². The average molecular weight is 988 g/mol. The van der Waals surface area contributed by atoms with Gasteiger partial charge in [-0.3, -0.25) is 28.3 Å². The summed E-state index contributed by atoms with van der Waals surface area (Å²) < 4.78 is 96.9. The average Bonchev–Trinajstić information content (AvgIpc) is 3.62. The molecule has 3 aliphatic heterocycles. The molecule has 8 N–H and O–H groups in total. The largest absolute Gasteiger partial charge is 0.462 e. The van der Waals surface area contributed by atoms with E-state index in [0.717, 1.165) is 30.0 Å². The fraction of sp³-hybridized carbons (Fsp3) is 0.524. The molecule has 22 nitrogen and oxygen atoms in total. The van der Waals surface area contributed by atoms with Crippen LogP contribution in [0.4, 0.5) is 19.0 Å². The first-order valence-corrected chi connectivity index (χ1v) is 22.5. The second-order valence-corrected chi connectivity index (χ2v) is 17.8. The molecule has 1 aromatic carbocycles. The highest BCUT2D eigenvalue weighted by Gasteiger charge is 2.69. The number of benzene rings is 1. The van der Waals surface area contributed by atoms with Gasteiger partial charge in [-0.15, -0.1) is 0 Å². The molecule has 1 amide bonds. The number of aromatic nitrogens is 2. The van der Waals surface area contributed by atoms with Crippen molar-refractivity contribution in [3.05, 3.63) is 89.9 Å². The van der Waals surface area contributed by atoms with E-state index in [9.17, 15) is 43.1 Å². The zero-order valence-corrected chi connectivity index (χ0v) is 39.0. The van der Waals surface area contributed by atoms with Gasteiger partial charge in [-0.2, -0.15) is 18.9 Å². The molecule has 1 aromatic heterocycles. The third-order valence-electron chi connectivity index (χ3n) is 10.5. The first kappa shape index (κ1) is 54.9. The summed E-state index contributed by atoms with van der Waals surface area (Å²) in [6, 6.07) is 6.16. The van der Waals surface area contributed by atoms with E-state index in [2.05, 4.69) is 28.5 Å². The van der Waals surface area contributed by atoms with Crippen LogP contribution in [-0.2, 0) is 58.5 Å². The van der Waals surface area contributed by atoms with E-state index in [1.54, 1.807) is 26.0 Å². The molecule has 4 heterocycles. The van der Waals surface area contributed by atoms with E-state index in [4.69, 9.17) is 44.2 Å². The molecule has 3 aliphatic rings. The molecule has 0 bridgehead atoms. The zero-order valence-electron chi connectivity index (χ0n) is 38.1. The van der Waals surface area contributed by atoms with Crippen molar-refractivity contribution in [2.75, 3.05) is 25.6 Å². The van der Waals surface area contributed by atoms with Crippen LogP contribution in [0.2, 0.25) is 0 Å². The summed E-state index contributed by atoms with van der Waals surface area (Å²) in [4.78, 5) is 64.0. The van der Waals surface area contributed by atoms with Crippen LogP contribution >= 0.6 is 7.75 Å². The van der Waals surface area contributed by atoms with Gasteiger partial charge >= 0.3 is 37.3 Å². The smallest absolute Gasteiger partial charge is 0.459 e. The standard InChI is InChI=1S/C25H36FN4O9P.C17H21F2N3O6/c1-15(2)37-21(32)16(3)29-40(35,39-19-8-6-18(12-27)7-9-19)36-14-25(13-26)22(33)24(5,34)23(38-25)30-11-10-20(31)28-17(30)4;1-4-11(23)26-9-16(6-3)13(27-12(24)5-2)17(18,19)14(28-16)22-8-7-10(20)21-15(22)25/h6-11,15-16,22-23,33-34H,4,12-14,27H2,1-3,5H3,(H,28,31)(H,29,35);6-8,13-14H,3-5,9H2,1-2H3,(H2,20,21,25)/t16?,22-,23+,24+,25+,40?;13-,14-,16-/m01/s1. The van der Waals surface area contributed by atoms with Gasteiger partial charge in [-0.1, -0.05) is 45.2 Å². The van der Waals surface area contributed by atoms with E-state index in [1.165, 1.54) is 50.9 Å². The highest BCUT2D eigenvalue weighted by atomic mass is 31.2. The number of ether oxygens (including phenoxy) is 5. The Morgan fingerprint density at radius 1 is 1.07 bits per heavy atom. The highest BCUT2D eigenvalue weighted by Crippen LogP contribution is 2.51. The number of rotatable bonds is 19. The normalized spacial score (nSPS) is 27.6. The quantitative estimate of drug-likeness (QED) is 0.0509. The van der Waals surface area contributed by atoms with Gasteiger partial charge in [0.1, 0.15) is 48.4 Å². The number of nitrogens with zero attached hydrogens (tertiary/aromatic N) is 3. The van der Waals surface area contributed by atoms with Crippen LogP contribution in [0.15, 0.2) is 78.7 Å². The van der Waals surface area contributed by atoms with Crippen LogP contribution in [0.3, 0.4) is 0 Å². The molecule has 2 saturated heterocycles. The molecule has 2 unspecified atom stereocenters. The summed E-state index contributed by atoms with van der Waals surface area (Å²) in [5, 5.41) is 27.0. The number of nitrogens with one attached hydrogen (secondary N) is 2. The van der Waals surface area contributed by atoms with E-state index in [1.807, 2.05) is 0 Å². The van der Waals surface area contributed by atoms with Crippen LogP contribution in [0.5, 0.6) is 5.75 Å². The second-order valence-electron chi connectivity index (χ2n) is 16.1. The lowest BCUT2D eigenvalue weighted by molar-refractivity contribution is -0.179. The predicted molar refractivity (Wildman–Crippen MR) is 233 cm³/mol. The van der Waals surface area contributed by atoms with Crippen molar-refractivity contribution in [1.82, 2.24) is 24.9 Å². The molecular weight excluding hydrogens is 930 g/mol. The summed E-state index contributed by atoms with van der Waals surface area (Å²) in [5.41, 5.74) is 4.25. The second kappa shape index (κ2) is 22.2. The van der Waals surface area contributed by atoms with Gasteiger partial charge in [-0.25, -0.2) is 13.8 Å². The summed E-state index contributed by atoms with van der Waals surface area (Å²) in [5.74, 6) is -6.78. The number of nitrogen functional groups attached to an aromatic ring is 1. The number of aliphatic hydroxyl groups excluding tert-OH is 1. The van der Waals surface area contributed by atoms with E-state index < -0.39 is 117 Å². The van der Waals surface area contributed by atoms with Crippen molar-refractivity contribution in [2.45, 2.75) is 120 Å². The topological polar surface area (TPSA) is 305 Å². The maximum Gasteiger partial charge on any atom is 0.459 e. The Morgan fingerprint density at radius 2 is 1.72 bits per heavy atom. The van der Waals surface area contributed by atoms with Gasteiger partial charge in [0.05, 0.1) is 12.7 Å². The van der Waals surface area contributed by atoms with Gasteiger partial charge in [0.15, 0.2) is 17.4 Å². The molecule has 376 valence electrons. The van der Waals surface area contributed by atoms with Gasteiger partial charge in [0, 0.05) is 37.9 Å². The van der Waals surface area contributed by atoms with Gasteiger partial charge in [0.2, 0.25) is 12.3 Å². The number of hydrogen-bond acceptors (Lipinski definition) is 19. The number of anilines is 1. The lowest BCUT2D eigenvalue weighted by Gasteiger charge is -2.37. The lowest BCUT2D eigenvalue weighted by atomic mass is 9.88. The molecule has 2 fully saturated rings. The molecule has 68 heavy (non-hydrogen) atoms. The van der Waals surface area contributed by atoms with E-state index in [-0.39, 0.29) is 36.8 Å². The van der Waals surface area contributed by atoms with Gasteiger partial charge < -0.3 is 60.1 Å².